The summed E-state index contributed by atoms with van der Waals surface area (Å²) in [5.41, 5.74) is 1.17. The van der Waals surface area contributed by atoms with Gasteiger partial charge in [0.25, 0.3) is 5.91 Å². The number of nitrogens with zero attached hydrogens (tertiary/aromatic N) is 4. The number of carbonyl (C=O) groups excluding carboxylic acids is 1. The van der Waals surface area contributed by atoms with Crippen molar-refractivity contribution in [3.63, 3.8) is 0 Å². The zero-order chi connectivity index (χ0) is 17.9. The summed E-state index contributed by atoms with van der Waals surface area (Å²) in [5.74, 6) is 1.32. The summed E-state index contributed by atoms with van der Waals surface area (Å²) in [7, 11) is 0. The summed E-state index contributed by atoms with van der Waals surface area (Å²) in [6.07, 6.45) is 3.75. The molecule has 1 saturated heterocycles. The quantitative estimate of drug-likeness (QED) is 0.743. The van der Waals surface area contributed by atoms with Gasteiger partial charge in [-0.3, -0.25) is 10.1 Å². The van der Waals surface area contributed by atoms with E-state index < -0.39 is 0 Å². The van der Waals surface area contributed by atoms with E-state index in [4.69, 9.17) is 4.74 Å². The van der Waals surface area contributed by atoms with Crippen molar-refractivity contribution in [2.45, 2.75) is 19.8 Å². The van der Waals surface area contributed by atoms with Crippen molar-refractivity contribution in [2.24, 2.45) is 0 Å². The number of anilines is 2. The SMILES string of the molecule is CCOc1ccc2nc(NC(=O)c3cc(N4CCCC4)ncn3)sc2c1. The fourth-order valence-corrected chi connectivity index (χ4v) is 3.86. The first kappa shape index (κ1) is 16.7. The van der Waals surface area contributed by atoms with Gasteiger partial charge in [-0.1, -0.05) is 11.3 Å². The molecule has 0 unspecified atom stereocenters. The Morgan fingerprint density at radius 2 is 2.12 bits per heavy atom. The molecule has 0 aliphatic carbocycles. The Kier molecular flexibility index (Phi) is 4.66. The van der Waals surface area contributed by atoms with Crippen LogP contribution in [-0.2, 0) is 0 Å². The highest BCUT2D eigenvalue weighted by molar-refractivity contribution is 7.22. The summed E-state index contributed by atoms with van der Waals surface area (Å²) in [6, 6.07) is 7.44. The van der Waals surface area contributed by atoms with Gasteiger partial charge in [0.2, 0.25) is 0 Å². The van der Waals surface area contributed by atoms with Crippen molar-refractivity contribution in [1.82, 2.24) is 15.0 Å². The molecule has 1 aromatic carbocycles. The van der Waals surface area contributed by atoms with E-state index in [0.29, 0.717) is 17.4 Å². The van der Waals surface area contributed by atoms with Crippen molar-refractivity contribution in [1.29, 1.82) is 0 Å². The molecular formula is C18H19N5O2S. The maximum Gasteiger partial charge on any atom is 0.276 e. The van der Waals surface area contributed by atoms with Gasteiger partial charge in [0.05, 0.1) is 16.8 Å². The van der Waals surface area contributed by atoms with Crippen molar-refractivity contribution in [3.8, 4) is 5.75 Å². The number of nitrogens with one attached hydrogen (secondary N) is 1. The van der Waals surface area contributed by atoms with Crippen LogP contribution < -0.4 is 15.0 Å². The van der Waals surface area contributed by atoms with Crippen LogP contribution in [0.3, 0.4) is 0 Å². The first-order valence-electron chi connectivity index (χ1n) is 8.64. The fraction of sp³-hybridized carbons (Fsp3) is 0.333. The van der Waals surface area contributed by atoms with E-state index >= 15 is 0 Å². The van der Waals surface area contributed by atoms with Crippen LogP contribution in [0.5, 0.6) is 5.75 Å². The average Bonchev–Trinajstić information content (AvgIpc) is 3.31. The molecule has 1 N–H and O–H groups in total. The van der Waals surface area contributed by atoms with Crippen molar-refractivity contribution in [3.05, 3.63) is 36.3 Å². The molecule has 1 aliphatic rings. The smallest absolute Gasteiger partial charge is 0.276 e. The molecule has 1 aliphatic heterocycles. The molecule has 8 heteroatoms. The molecule has 0 radical (unpaired) electrons. The largest absolute Gasteiger partial charge is 0.494 e. The maximum absolute atomic E-state index is 12.5. The van der Waals surface area contributed by atoms with E-state index in [1.54, 1.807) is 6.07 Å². The van der Waals surface area contributed by atoms with Crippen LogP contribution in [0.15, 0.2) is 30.6 Å². The van der Waals surface area contributed by atoms with Crippen LogP contribution in [0.4, 0.5) is 10.9 Å². The number of thiazole rings is 1. The molecule has 0 saturated carbocycles. The normalized spacial score (nSPS) is 14.0. The number of ether oxygens (including phenoxy) is 1. The first-order chi connectivity index (χ1) is 12.7. The number of hydrogen-bond acceptors (Lipinski definition) is 7. The Labute approximate surface area is 155 Å². The molecule has 0 spiro atoms. The van der Waals surface area contributed by atoms with Gasteiger partial charge >= 0.3 is 0 Å². The van der Waals surface area contributed by atoms with Gasteiger partial charge in [-0.25, -0.2) is 15.0 Å². The molecule has 1 fully saturated rings. The van der Waals surface area contributed by atoms with Crippen LogP contribution in [0.1, 0.15) is 30.3 Å². The van der Waals surface area contributed by atoms with E-state index in [2.05, 4.69) is 25.2 Å². The Morgan fingerprint density at radius 1 is 1.27 bits per heavy atom. The van der Waals surface area contributed by atoms with Crippen molar-refractivity contribution >= 4 is 38.4 Å². The molecular weight excluding hydrogens is 350 g/mol. The lowest BCUT2D eigenvalue weighted by Gasteiger charge is -2.16. The molecule has 0 bridgehead atoms. The number of carbonyl (C=O) groups is 1. The maximum atomic E-state index is 12.5. The molecule has 4 rings (SSSR count). The highest BCUT2D eigenvalue weighted by Crippen LogP contribution is 2.29. The second-order valence-electron chi connectivity index (χ2n) is 5.99. The number of hydrogen-bond donors (Lipinski definition) is 1. The Balaban J connectivity index is 1.52. The monoisotopic (exact) mass is 369 g/mol. The minimum atomic E-state index is -0.281. The summed E-state index contributed by atoms with van der Waals surface area (Å²) < 4.78 is 6.47. The number of fused-ring (bicyclic) bond motifs is 1. The summed E-state index contributed by atoms with van der Waals surface area (Å²) in [4.78, 5) is 27.6. The van der Waals surface area contributed by atoms with Gasteiger partial charge < -0.3 is 9.64 Å². The van der Waals surface area contributed by atoms with Gasteiger partial charge in [0.1, 0.15) is 23.6 Å². The predicted molar refractivity (Wildman–Crippen MR) is 102 cm³/mol. The zero-order valence-corrected chi connectivity index (χ0v) is 15.3. The second-order valence-corrected chi connectivity index (χ2v) is 7.02. The van der Waals surface area contributed by atoms with Gasteiger partial charge in [-0.2, -0.15) is 0 Å². The Hall–Kier alpha value is -2.74. The van der Waals surface area contributed by atoms with E-state index in [1.807, 2.05) is 25.1 Å². The number of amides is 1. The van der Waals surface area contributed by atoms with E-state index in [0.717, 1.165) is 47.7 Å². The molecule has 1 amide bonds. The van der Waals surface area contributed by atoms with Crippen molar-refractivity contribution < 1.29 is 9.53 Å². The third-order valence-corrected chi connectivity index (χ3v) is 5.14. The number of benzene rings is 1. The minimum absolute atomic E-state index is 0.281. The van der Waals surface area contributed by atoms with Crippen LogP contribution in [-0.4, -0.2) is 40.6 Å². The molecule has 26 heavy (non-hydrogen) atoms. The highest BCUT2D eigenvalue weighted by atomic mass is 32.1. The third-order valence-electron chi connectivity index (χ3n) is 4.21. The van der Waals surface area contributed by atoms with E-state index in [-0.39, 0.29) is 5.91 Å². The van der Waals surface area contributed by atoms with Gasteiger partial charge in [-0.05, 0) is 38.0 Å². The number of aromatic nitrogens is 3. The van der Waals surface area contributed by atoms with Crippen LogP contribution in [0, 0.1) is 0 Å². The van der Waals surface area contributed by atoms with Crippen LogP contribution in [0.2, 0.25) is 0 Å². The summed E-state index contributed by atoms with van der Waals surface area (Å²) in [6.45, 7) is 4.50. The lowest BCUT2D eigenvalue weighted by atomic mass is 10.3. The first-order valence-corrected chi connectivity index (χ1v) is 9.46. The highest BCUT2D eigenvalue weighted by Gasteiger charge is 2.17. The lowest BCUT2D eigenvalue weighted by Crippen LogP contribution is -2.21. The molecule has 0 atom stereocenters. The molecule has 3 aromatic rings. The molecule has 2 aromatic heterocycles. The Morgan fingerprint density at radius 3 is 2.92 bits per heavy atom. The van der Waals surface area contributed by atoms with Crippen LogP contribution in [0.25, 0.3) is 10.2 Å². The number of rotatable bonds is 5. The standard InChI is InChI=1S/C18H19N5O2S/c1-2-25-12-5-6-13-15(9-12)26-18(21-13)22-17(24)14-10-16(20-11-19-14)23-7-3-4-8-23/h5-6,9-11H,2-4,7-8H2,1H3,(H,21,22,24). The average molecular weight is 369 g/mol. The van der Waals surface area contributed by atoms with Gasteiger partial charge in [0, 0.05) is 19.2 Å². The van der Waals surface area contributed by atoms with Gasteiger partial charge in [0.15, 0.2) is 5.13 Å². The van der Waals surface area contributed by atoms with Gasteiger partial charge in [-0.15, -0.1) is 0 Å². The molecule has 3 heterocycles. The third kappa shape index (κ3) is 3.45. The Bertz CT molecular complexity index is 936. The minimum Gasteiger partial charge on any atom is -0.494 e. The predicted octanol–water partition coefficient (Wildman–Crippen LogP) is 3.34. The second kappa shape index (κ2) is 7.25. The van der Waals surface area contributed by atoms with Crippen molar-refractivity contribution in [2.75, 3.05) is 29.9 Å². The van der Waals surface area contributed by atoms with E-state index in [1.165, 1.54) is 17.7 Å². The topological polar surface area (TPSA) is 80.2 Å². The molecule has 134 valence electrons. The lowest BCUT2D eigenvalue weighted by molar-refractivity contribution is 0.102. The summed E-state index contributed by atoms with van der Waals surface area (Å²) in [5, 5.41) is 3.38. The zero-order valence-electron chi connectivity index (χ0n) is 14.4. The fourth-order valence-electron chi connectivity index (χ4n) is 2.97. The summed E-state index contributed by atoms with van der Waals surface area (Å²) >= 11 is 1.41. The molecule has 7 nitrogen and oxygen atoms in total. The van der Waals surface area contributed by atoms with Crippen LogP contribution >= 0.6 is 11.3 Å². The van der Waals surface area contributed by atoms with E-state index in [9.17, 15) is 4.79 Å².